The number of hydrogen-bond donors (Lipinski definition) is 1. The van der Waals surface area contributed by atoms with Crippen molar-refractivity contribution >= 4 is 5.91 Å². The van der Waals surface area contributed by atoms with Crippen LogP contribution in [0.1, 0.15) is 24.8 Å². The lowest BCUT2D eigenvalue weighted by atomic mass is 10.1. The summed E-state index contributed by atoms with van der Waals surface area (Å²) >= 11 is 0. The first-order chi connectivity index (χ1) is 7.20. The summed E-state index contributed by atoms with van der Waals surface area (Å²) < 4.78 is 5.09. The van der Waals surface area contributed by atoms with Crippen molar-refractivity contribution in [1.82, 2.24) is 5.32 Å². The minimum absolute atomic E-state index is 0.0519. The van der Waals surface area contributed by atoms with E-state index in [2.05, 4.69) is 17.4 Å². The highest BCUT2D eigenvalue weighted by Gasteiger charge is 2.38. The van der Waals surface area contributed by atoms with Gasteiger partial charge in [0.15, 0.2) is 0 Å². The van der Waals surface area contributed by atoms with Crippen LogP contribution in [0.3, 0.4) is 0 Å². The van der Waals surface area contributed by atoms with Gasteiger partial charge in [0.1, 0.15) is 5.75 Å². The maximum absolute atomic E-state index is 10.8. The minimum atomic E-state index is 0.0519. The van der Waals surface area contributed by atoms with Gasteiger partial charge in [-0.25, -0.2) is 0 Å². The van der Waals surface area contributed by atoms with E-state index < -0.39 is 0 Å². The fourth-order valence-electron chi connectivity index (χ4n) is 1.84. The number of methoxy groups -OCH3 is 1. The van der Waals surface area contributed by atoms with E-state index in [1.165, 1.54) is 5.56 Å². The van der Waals surface area contributed by atoms with Gasteiger partial charge >= 0.3 is 0 Å². The number of amides is 1. The third kappa shape index (κ3) is 2.29. The van der Waals surface area contributed by atoms with Crippen LogP contribution in [0.4, 0.5) is 0 Å². The van der Waals surface area contributed by atoms with Gasteiger partial charge in [-0.3, -0.25) is 4.79 Å². The van der Waals surface area contributed by atoms with Crippen LogP contribution in [0.5, 0.6) is 5.75 Å². The van der Waals surface area contributed by atoms with Crippen LogP contribution in [0.15, 0.2) is 24.3 Å². The van der Waals surface area contributed by atoms with Gasteiger partial charge in [0.05, 0.1) is 7.11 Å². The molecule has 3 nitrogen and oxygen atoms in total. The van der Waals surface area contributed by atoms with Crippen molar-refractivity contribution in [2.24, 2.45) is 0 Å². The molecule has 0 spiro atoms. The molecule has 80 valence electrons. The maximum Gasteiger partial charge on any atom is 0.217 e. The zero-order chi connectivity index (χ0) is 10.8. The Hall–Kier alpha value is -1.51. The summed E-state index contributed by atoms with van der Waals surface area (Å²) in [5, 5.41) is 2.92. The van der Waals surface area contributed by atoms with Gasteiger partial charge in [0, 0.05) is 18.9 Å². The third-order valence-electron chi connectivity index (χ3n) is 2.72. The molecule has 1 amide bonds. The normalized spacial score (nSPS) is 23.3. The second-order valence-electron chi connectivity index (χ2n) is 3.92. The van der Waals surface area contributed by atoms with E-state index in [4.69, 9.17) is 4.74 Å². The van der Waals surface area contributed by atoms with E-state index in [1.807, 2.05) is 12.1 Å². The molecule has 1 aliphatic rings. The number of hydrogen-bond acceptors (Lipinski definition) is 2. The zero-order valence-electron chi connectivity index (χ0n) is 8.99. The summed E-state index contributed by atoms with van der Waals surface area (Å²) in [4.78, 5) is 10.8. The van der Waals surface area contributed by atoms with Crippen LogP contribution in [-0.2, 0) is 4.79 Å². The van der Waals surface area contributed by atoms with Crippen LogP contribution in [-0.4, -0.2) is 19.1 Å². The average molecular weight is 205 g/mol. The largest absolute Gasteiger partial charge is 0.497 e. The number of rotatable bonds is 3. The molecule has 0 radical (unpaired) electrons. The summed E-state index contributed by atoms with van der Waals surface area (Å²) in [5.74, 6) is 1.41. The summed E-state index contributed by atoms with van der Waals surface area (Å²) in [5.41, 5.74) is 1.27. The average Bonchev–Trinajstić information content (AvgIpc) is 2.96. The highest BCUT2D eigenvalue weighted by molar-refractivity contribution is 5.73. The Morgan fingerprint density at radius 3 is 2.60 bits per heavy atom. The molecule has 0 bridgehead atoms. The molecule has 0 unspecified atom stereocenters. The molecule has 2 rings (SSSR count). The third-order valence-corrected chi connectivity index (χ3v) is 2.72. The van der Waals surface area contributed by atoms with Gasteiger partial charge in [-0.15, -0.1) is 0 Å². The van der Waals surface area contributed by atoms with Crippen molar-refractivity contribution in [2.45, 2.75) is 25.3 Å². The van der Waals surface area contributed by atoms with Gasteiger partial charge in [-0.2, -0.15) is 0 Å². The predicted octanol–water partition coefficient (Wildman–Crippen LogP) is 1.69. The molecule has 1 saturated carbocycles. The van der Waals surface area contributed by atoms with E-state index >= 15 is 0 Å². The van der Waals surface area contributed by atoms with Crippen LogP contribution >= 0.6 is 0 Å². The lowest BCUT2D eigenvalue weighted by Gasteiger charge is -2.03. The number of carbonyl (C=O) groups is 1. The first-order valence-corrected chi connectivity index (χ1v) is 5.12. The first kappa shape index (κ1) is 10.0. The quantitative estimate of drug-likeness (QED) is 0.815. The molecule has 3 heteroatoms. The fourth-order valence-corrected chi connectivity index (χ4v) is 1.84. The SMILES string of the molecule is COc1ccc([C@H]2C[C@@H]2NC(C)=O)cc1. The number of ether oxygens (including phenoxy) is 1. The van der Waals surface area contributed by atoms with Crippen molar-refractivity contribution in [1.29, 1.82) is 0 Å². The number of nitrogens with one attached hydrogen (secondary N) is 1. The fraction of sp³-hybridized carbons (Fsp3) is 0.417. The monoisotopic (exact) mass is 205 g/mol. The Morgan fingerprint density at radius 2 is 2.07 bits per heavy atom. The van der Waals surface area contributed by atoms with Gasteiger partial charge in [-0.1, -0.05) is 12.1 Å². The van der Waals surface area contributed by atoms with Crippen molar-refractivity contribution in [3.05, 3.63) is 29.8 Å². The lowest BCUT2D eigenvalue weighted by Crippen LogP contribution is -2.23. The maximum atomic E-state index is 10.8. The highest BCUT2D eigenvalue weighted by Crippen LogP contribution is 2.41. The van der Waals surface area contributed by atoms with Crippen LogP contribution < -0.4 is 10.1 Å². The molecule has 0 aromatic heterocycles. The Kier molecular flexibility index (Phi) is 2.62. The lowest BCUT2D eigenvalue weighted by molar-refractivity contribution is -0.119. The second kappa shape index (κ2) is 3.93. The first-order valence-electron chi connectivity index (χ1n) is 5.12. The molecule has 1 aromatic rings. The molecular weight excluding hydrogens is 190 g/mol. The standard InChI is InChI=1S/C12H15NO2/c1-8(14)13-12-7-11(12)9-3-5-10(15-2)6-4-9/h3-6,11-12H,7H2,1-2H3,(H,13,14)/t11-,12+/m1/s1. The van der Waals surface area contributed by atoms with Crippen molar-refractivity contribution in [3.8, 4) is 5.75 Å². The summed E-state index contributed by atoms with van der Waals surface area (Å²) in [6.45, 7) is 1.56. The van der Waals surface area contributed by atoms with E-state index in [0.29, 0.717) is 12.0 Å². The summed E-state index contributed by atoms with van der Waals surface area (Å²) in [6, 6.07) is 8.36. The molecule has 1 aliphatic carbocycles. The second-order valence-corrected chi connectivity index (χ2v) is 3.92. The molecule has 15 heavy (non-hydrogen) atoms. The molecule has 1 aromatic carbocycles. The zero-order valence-corrected chi connectivity index (χ0v) is 8.99. The molecule has 0 heterocycles. The molecule has 0 saturated heterocycles. The summed E-state index contributed by atoms with van der Waals surface area (Å²) in [6.07, 6.45) is 1.05. The van der Waals surface area contributed by atoms with Crippen molar-refractivity contribution in [3.63, 3.8) is 0 Å². The van der Waals surface area contributed by atoms with Crippen molar-refractivity contribution in [2.75, 3.05) is 7.11 Å². The Morgan fingerprint density at radius 1 is 1.40 bits per heavy atom. The predicted molar refractivity (Wildman–Crippen MR) is 58.0 cm³/mol. The molecular formula is C12H15NO2. The number of benzene rings is 1. The van der Waals surface area contributed by atoms with Gasteiger partial charge in [-0.05, 0) is 24.1 Å². The van der Waals surface area contributed by atoms with Gasteiger partial charge < -0.3 is 10.1 Å². The van der Waals surface area contributed by atoms with Gasteiger partial charge in [0.2, 0.25) is 5.91 Å². The molecule has 2 atom stereocenters. The number of carbonyl (C=O) groups excluding carboxylic acids is 1. The summed E-state index contributed by atoms with van der Waals surface area (Å²) in [7, 11) is 1.66. The smallest absolute Gasteiger partial charge is 0.217 e. The Balaban J connectivity index is 1.97. The topological polar surface area (TPSA) is 38.3 Å². The van der Waals surface area contributed by atoms with Crippen LogP contribution in [0, 0.1) is 0 Å². The Bertz CT molecular complexity index is 358. The van der Waals surface area contributed by atoms with E-state index in [0.717, 1.165) is 12.2 Å². The minimum Gasteiger partial charge on any atom is -0.497 e. The van der Waals surface area contributed by atoms with E-state index in [9.17, 15) is 4.79 Å². The Labute approximate surface area is 89.4 Å². The van der Waals surface area contributed by atoms with Crippen molar-refractivity contribution < 1.29 is 9.53 Å². The van der Waals surface area contributed by atoms with E-state index in [1.54, 1.807) is 14.0 Å². The molecule has 1 N–H and O–H groups in total. The van der Waals surface area contributed by atoms with Crippen LogP contribution in [0.2, 0.25) is 0 Å². The van der Waals surface area contributed by atoms with E-state index in [-0.39, 0.29) is 5.91 Å². The van der Waals surface area contributed by atoms with Crippen LogP contribution in [0.25, 0.3) is 0 Å². The molecule has 0 aliphatic heterocycles. The van der Waals surface area contributed by atoms with Gasteiger partial charge in [0.25, 0.3) is 0 Å². The molecule has 1 fully saturated rings. The highest BCUT2D eigenvalue weighted by atomic mass is 16.5.